The van der Waals surface area contributed by atoms with Crippen molar-refractivity contribution in [3.63, 3.8) is 0 Å². The van der Waals surface area contributed by atoms with Crippen LogP contribution in [0.5, 0.6) is 5.75 Å². The number of carbonyl (C=O) groups excluding carboxylic acids is 1. The zero-order chi connectivity index (χ0) is 15.3. The van der Waals surface area contributed by atoms with Crippen LogP contribution in [0.2, 0.25) is 0 Å². The molecule has 0 saturated heterocycles. The number of carboxylic acid groups (broad SMARTS) is 1. The monoisotopic (exact) mass is 277 g/mol. The Morgan fingerprint density at radius 2 is 1.90 bits per heavy atom. The van der Waals surface area contributed by atoms with Gasteiger partial charge >= 0.3 is 5.97 Å². The lowest BCUT2D eigenvalue weighted by Crippen LogP contribution is -2.26. The SMILES string of the molecule is C=CCN(C)C(=O)c1cc(C)c(OCC(=O)O)c(C)c1. The van der Waals surface area contributed by atoms with Crippen molar-refractivity contribution >= 4 is 11.9 Å². The Hall–Kier alpha value is -2.30. The van der Waals surface area contributed by atoms with Crippen molar-refractivity contribution in [2.45, 2.75) is 13.8 Å². The molecule has 0 bridgehead atoms. The lowest BCUT2D eigenvalue weighted by molar-refractivity contribution is -0.139. The summed E-state index contributed by atoms with van der Waals surface area (Å²) in [6, 6.07) is 3.40. The smallest absolute Gasteiger partial charge is 0.341 e. The van der Waals surface area contributed by atoms with Crippen LogP contribution in [0.3, 0.4) is 0 Å². The number of hydrogen-bond acceptors (Lipinski definition) is 3. The highest BCUT2D eigenvalue weighted by atomic mass is 16.5. The van der Waals surface area contributed by atoms with Crippen LogP contribution in [0, 0.1) is 13.8 Å². The summed E-state index contributed by atoms with van der Waals surface area (Å²) in [7, 11) is 1.70. The number of rotatable bonds is 6. The highest BCUT2D eigenvalue weighted by Gasteiger charge is 2.15. The summed E-state index contributed by atoms with van der Waals surface area (Å²) >= 11 is 0. The third-order valence-electron chi connectivity index (χ3n) is 2.80. The third-order valence-corrected chi connectivity index (χ3v) is 2.80. The summed E-state index contributed by atoms with van der Waals surface area (Å²) in [5.74, 6) is -0.633. The van der Waals surface area contributed by atoms with E-state index in [1.807, 2.05) is 0 Å². The predicted octanol–water partition coefficient (Wildman–Crippen LogP) is 2.02. The molecule has 0 heterocycles. The van der Waals surface area contributed by atoms with Crippen molar-refractivity contribution in [2.24, 2.45) is 0 Å². The third kappa shape index (κ3) is 3.85. The second kappa shape index (κ2) is 6.75. The Labute approximate surface area is 118 Å². The van der Waals surface area contributed by atoms with Crippen LogP contribution >= 0.6 is 0 Å². The summed E-state index contributed by atoms with van der Waals surface area (Å²) in [5, 5.41) is 8.64. The number of aryl methyl sites for hydroxylation is 2. The lowest BCUT2D eigenvalue weighted by Gasteiger charge is -2.17. The van der Waals surface area contributed by atoms with Crippen molar-refractivity contribution in [2.75, 3.05) is 20.2 Å². The average Bonchev–Trinajstić information content (AvgIpc) is 2.36. The van der Waals surface area contributed by atoms with Crippen LogP contribution in [0.1, 0.15) is 21.5 Å². The van der Waals surface area contributed by atoms with Gasteiger partial charge in [0.25, 0.3) is 5.91 Å². The van der Waals surface area contributed by atoms with Crippen molar-refractivity contribution < 1.29 is 19.4 Å². The maximum Gasteiger partial charge on any atom is 0.341 e. The normalized spacial score (nSPS) is 9.95. The molecule has 1 aromatic rings. The topological polar surface area (TPSA) is 66.8 Å². The van der Waals surface area contributed by atoms with Crippen LogP contribution < -0.4 is 4.74 Å². The number of likely N-dealkylation sites (N-methyl/N-ethyl adjacent to an activating group) is 1. The second-order valence-corrected chi connectivity index (χ2v) is 4.60. The number of hydrogen-bond donors (Lipinski definition) is 1. The van der Waals surface area contributed by atoms with E-state index in [-0.39, 0.29) is 5.91 Å². The summed E-state index contributed by atoms with van der Waals surface area (Å²) < 4.78 is 5.23. The molecule has 0 spiro atoms. The van der Waals surface area contributed by atoms with Gasteiger partial charge in [0.1, 0.15) is 5.75 Å². The summed E-state index contributed by atoms with van der Waals surface area (Å²) in [6.45, 7) is 7.24. The van der Waals surface area contributed by atoms with E-state index >= 15 is 0 Å². The fraction of sp³-hybridized carbons (Fsp3) is 0.333. The first kappa shape index (κ1) is 15.8. The van der Waals surface area contributed by atoms with Gasteiger partial charge in [-0.1, -0.05) is 6.08 Å². The molecule has 0 radical (unpaired) electrons. The fourth-order valence-electron chi connectivity index (χ4n) is 1.93. The van der Waals surface area contributed by atoms with Gasteiger partial charge in [0.05, 0.1) is 0 Å². The van der Waals surface area contributed by atoms with Gasteiger partial charge in [0.15, 0.2) is 6.61 Å². The molecule has 108 valence electrons. The predicted molar refractivity (Wildman–Crippen MR) is 76.2 cm³/mol. The number of amides is 1. The van der Waals surface area contributed by atoms with Crippen molar-refractivity contribution in [3.05, 3.63) is 41.5 Å². The Bertz CT molecular complexity index is 514. The molecule has 1 aromatic carbocycles. The molecule has 0 saturated carbocycles. The van der Waals surface area contributed by atoms with Gasteiger partial charge in [-0.2, -0.15) is 0 Å². The van der Waals surface area contributed by atoms with Crippen LogP contribution in [0.15, 0.2) is 24.8 Å². The zero-order valence-electron chi connectivity index (χ0n) is 12.0. The molecule has 0 fully saturated rings. The number of ether oxygens (including phenoxy) is 1. The minimum atomic E-state index is -1.03. The fourth-order valence-corrected chi connectivity index (χ4v) is 1.93. The molecule has 0 atom stereocenters. The van der Waals surface area contributed by atoms with Gasteiger partial charge in [-0.3, -0.25) is 4.79 Å². The minimum absolute atomic E-state index is 0.110. The molecule has 1 N–H and O–H groups in total. The minimum Gasteiger partial charge on any atom is -0.481 e. The van der Waals surface area contributed by atoms with Crippen LogP contribution in [0.25, 0.3) is 0 Å². The summed E-state index contributed by atoms with van der Waals surface area (Å²) in [4.78, 5) is 24.3. The van der Waals surface area contributed by atoms with Gasteiger partial charge in [-0.25, -0.2) is 4.79 Å². The van der Waals surface area contributed by atoms with E-state index in [4.69, 9.17) is 9.84 Å². The number of benzene rings is 1. The molecule has 0 aliphatic carbocycles. The van der Waals surface area contributed by atoms with E-state index in [1.165, 1.54) is 0 Å². The molecular weight excluding hydrogens is 258 g/mol. The highest BCUT2D eigenvalue weighted by Crippen LogP contribution is 2.25. The van der Waals surface area contributed by atoms with Crippen molar-refractivity contribution in [1.29, 1.82) is 0 Å². The molecule has 0 unspecified atom stereocenters. The van der Waals surface area contributed by atoms with E-state index in [0.717, 1.165) is 11.1 Å². The van der Waals surface area contributed by atoms with Gasteiger partial charge in [-0.15, -0.1) is 6.58 Å². The molecule has 1 amide bonds. The number of carboxylic acids is 1. The summed E-state index contributed by atoms with van der Waals surface area (Å²) in [5.41, 5.74) is 2.02. The van der Waals surface area contributed by atoms with E-state index in [0.29, 0.717) is 17.9 Å². The Morgan fingerprint density at radius 3 is 2.35 bits per heavy atom. The van der Waals surface area contributed by atoms with Crippen LogP contribution in [-0.2, 0) is 4.79 Å². The molecule has 1 rings (SSSR count). The highest BCUT2D eigenvalue weighted by molar-refractivity contribution is 5.94. The maximum atomic E-state index is 12.2. The molecule has 0 aliphatic rings. The first-order valence-electron chi connectivity index (χ1n) is 6.19. The zero-order valence-corrected chi connectivity index (χ0v) is 12.0. The first-order chi connectivity index (χ1) is 9.36. The van der Waals surface area contributed by atoms with Gasteiger partial charge in [0.2, 0.25) is 0 Å². The molecular formula is C15H19NO4. The summed E-state index contributed by atoms with van der Waals surface area (Å²) in [6.07, 6.45) is 1.65. The Morgan fingerprint density at radius 1 is 1.35 bits per heavy atom. The number of carbonyl (C=O) groups is 2. The lowest BCUT2D eigenvalue weighted by atomic mass is 10.0. The molecule has 0 aliphatic heterocycles. The average molecular weight is 277 g/mol. The van der Waals surface area contributed by atoms with Gasteiger partial charge < -0.3 is 14.7 Å². The number of aliphatic carboxylic acids is 1. The van der Waals surface area contributed by atoms with Gasteiger partial charge in [-0.05, 0) is 37.1 Å². The van der Waals surface area contributed by atoms with Crippen molar-refractivity contribution in [1.82, 2.24) is 4.90 Å². The molecule has 5 heteroatoms. The molecule has 20 heavy (non-hydrogen) atoms. The largest absolute Gasteiger partial charge is 0.481 e. The second-order valence-electron chi connectivity index (χ2n) is 4.60. The Balaban J connectivity index is 3.01. The van der Waals surface area contributed by atoms with Crippen molar-refractivity contribution in [3.8, 4) is 5.75 Å². The van der Waals surface area contributed by atoms with Crippen LogP contribution in [-0.4, -0.2) is 42.1 Å². The Kier molecular flexibility index (Phi) is 5.32. The van der Waals surface area contributed by atoms with Gasteiger partial charge in [0, 0.05) is 19.2 Å². The van der Waals surface area contributed by atoms with E-state index in [1.54, 1.807) is 44.0 Å². The quantitative estimate of drug-likeness (QED) is 0.808. The molecule has 0 aromatic heterocycles. The van der Waals surface area contributed by atoms with E-state index in [2.05, 4.69) is 6.58 Å². The first-order valence-corrected chi connectivity index (χ1v) is 6.19. The maximum absolute atomic E-state index is 12.2. The number of nitrogens with zero attached hydrogens (tertiary/aromatic N) is 1. The molecule has 5 nitrogen and oxygen atoms in total. The standard InChI is InChI=1S/C15H19NO4/c1-5-6-16(4)15(19)12-7-10(2)14(11(3)8-12)20-9-13(17)18/h5,7-8H,1,6,9H2,2-4H3,(H,17,18). The van der Waals surface area contributed by atoms with E-state index in [9.17, 15) is 9.59 Å². The van der Waals surface area contributed by atoms with Crippen LogP contribution in [0.4, 0.5) is 0 Å². The van der Waals surface area contributed by atoms with E-state index < -0.39 is 12.6 Å².